The fourth-order valence-electron chi connectivity index (χ4n) is 2.90. The zero-order valence-corrected chi connectivity index (χ0v) is 13.2. The molecule has 0 aliphatic carbocycles. The van der Waals surface area contributed by atoms with E-state index in [1.165, 1.54) is 0 Å². The van der Waals surface area contributed by atoms with Gasteiger partial charge in [-0.05, 0) is 25.7 Å². The third-order valence-electron chi connectivity index (χ3n) is 4.18. The van der Waals surface area contributed by atoms with Crippen LogP contribution in [0.4, 0.5) is 0 Å². The minimum absolute atomic E-state index is 0.137. The van der Waals surface area contributed by atoms with Gasteiger partial charge < -0.3 is 14.2 Å². The molecule has 0 aromatic carbocycles. The first-order valence-electron chi connectivity index (χ1n) is 7.79. The van der Waals surface area contributed by atoms with Gasteiger partial charge in [-0.1, -0.05) is 19.0 Å². The summed E-state index contributed by atoms with van der Waals surface area (Å²) in [6.45, 7) is 6.01. The third kappa shape index (κ3) is 3.81. The normalized spacial score (nSPS) is 19.2. The largest absolute Gasteiger partial charge is 0.375 e. The number of carbonyl (C=O) groups excluding carboxylic acids is 1. The molecule has 1 saturated heterocycles. The van der Waals surface area contributed by atoms with E-state index in [-0.39, 0.29) is 17.7 Å². The lowest BCUT2D eigenvalue weighted by Gasteiger charge is -2.33. The molecule has 2 heterocycles. The van der Waals surface area contributed by atoms with E-state index in [4.69, 9.17) is 9.26 Å². The number of methoxy groups -OCH3 is 1. The van der Waals surface area contributed by atoms with Crippen molar-refractivity contribution in [3.05, 3.63) is 11.7 Å². The second-order valence-electron chi connectivity index (χ2n) is 5.62. The van der Waals surface area contributed by atoms with Gasteiger partial charge in [0.25, 0.3) is 5.89 Å². The molecular weight excluding hydrogens is 270 g/mol. The van der Waals surface area contributed by atoms with Crippen molar-refractivity contribution in [3.8, 4) is 0 Å². The number of carbonyl (C=O) groups is 1. The van der Waals surface area contributed by atoms with Crippen molar-refractivity contribution in [1.82, 2.24) is 15.0 Å². The zero-order valence-electron chi connectivity index (χ0n) is 13.2. The summed E-state index contributed by atoms with van der Waals surface area (Å²) in [6.07, 6.45) is 3.79. The van der Waals surface area contributed by atoms with Crippen molar-refractivity contribution in [2.75, 3.05) is 20.2 Å². The predicted molar refractivity (Wildman–Crippen MR) is 77.6 cm³/mol. The molecule has 1 fully saturated rings. The topological polar surface area (TPSA) is 68.5 Å². The number of hydrogen-bond donors (Lipinski definition) is 0. The second kappa shape index (κ2) is 7.54. The van der Waals surface area contributed by atoms with Gasteiger partial charge in [-0.3, -0.25) is 4.79 Å². The van der Waals surface area contributed by atoms with Crippen molar-refractivity contribution in [2.45, 2.75) is 52.1 Å². The Kier molecular flexibility index (Phi) is 5.73. The molecule has 1 unspecified atom stereocenters. The molecule has 6 heteroatoms. The lowest BCUT2D eigenvalue weighted by Crippen LogP contribution is -2.42. The van der Waals surface area contributed by atoms with Crippen molar-refractivity contribution in [2.24, 2.45) is 5.92 Å². The SMILES string of the molecule is CCC(CC)C(=O)N1CCCC(c2noc(COC)n2)C1. The Bertz CT molecular complexity index is 457. The standard InChI is InChI=1S/C15H25N3O3/c1-4-11(5-2)15(19)18-8-6-7-12(9-18)14-16-13(10-20-3)21-17-14/h11-12H,4-10H2,1-3H3. The van der Waals surface area contributed by atoms with Crippen LogP contribution in [0.25, 0.3) is 0 Å². The quantitative estimate of drug-likeness (QED) is 0.806. The van der Waals surface area contributed by atoms with Gasteiger partial charge in [0.05, 0.1) is 0 Å². The number of rotatable bonds is 6. The van der Waals surface area contributed by atoms with Gasteiger partial charge in [-0.25, -0.2) is 0 Å². The minimum Gasteiger partial charge on any atom is -0.375 e. The van der Waals surface area contributed by atoms with E-state index < -0.39 is 0 Å². The molecule has 1 aliphatic rings. The van der Waals surface area contributed by atoms with Crippen molar-refractivity contribution >= 4 is 5.91 Å². The van der Waals surface area contributed by atoms with E-state index in [2.05, 4.69) is 24.0 Å². The summed E-state index contributed by atoms with van der Waals surface area (Å²) in [5.41, 5.74) is 0. The predicted octanol–water partition coefficient (Wildman–Crippen LogP) is 2.36. The summed E-state index contributed by atoms with van der Waals surface area (Å²) >= 11 is 0. The first-order valence-corrected chi connectivity index (χ1v) is 7.79. The second-order valence-corrected chi connectivity index (χ2v) is 5.62. The Morgan fingerprint density at radius 1 is 1.48 bits per heavy atom. The highest BCUT2D eigenvalue weighted by molar-refractivity contribution is 5.78. The van der Waals surface area contributed by atoms with Crippen LogP contribution < -0.4 is 0 Å². The Hall–Kier alpha value is -1.43. The average molecular weight is 295 g/mol. The first kappa shape index (κ1) is 15.9. The van der Waals surface area contributed by atoms with Gasteiger partial charge in [0.15, 0.2) is 5.82 Å². The van der Waals surface area contributed by atoms with Crippen LogP contribution in [-0.4, -0.2) is 41.1 Å². The number of likely N-dealkylation sites (tertiary alicyclic amines) is 1. The summed E-state index contributed by atoms with van der Waals surface area (Å²) in [5.74, 6) is 1.77. The molecule has 0 saturated carbocycles. The van der Waals surface area contributed by atoms with E-state index in [1.54, 1.807) is 7.11 Å². The van der Waals surface area contributed by atoms with Crippen LogP contribution in [0.1, 0.15) is 57.2 Å². The van der Waals surface area contributed by atoms with Gasteiger partial charge in [-0.2, -0.15) is 4.98 Å². The van der Waals surface area contributed by atoms with E-state index >= 15 is 0 Å². The first-order chi connectivity index (χ1) is 10.2. The summed E-state index contributed by atoms with van der Waals surface area (Å²) < 4.78 is 10.1. The fourth-order valence-corrected chi connectivity index (χ4v) is 2.90. The van der Waals surface area contributed by atoms with Crippen molar-refractivity contribution in [1.29, 1.82) is 0 Å². The molecule has 1 atom stereocenters. The summed E-state index contributed by atoms with van der Waals surface area (Å²) in [7, 11) is 1.60. The van der Waals surface area contributed by atoms with Crippen LogP contribution in [0.5, 0.6) is 0 Å². The van der Waals surface area contributed by atoms with Gasteiger partial charge in [0.1, 0.15) is 6.61 Å². The summed E-state index contributed by atoms with van der Waals surface area (Å²) in [6, 6.07) is 0. The van der Waals surface area contributed by atoms with Crippen LogP contribution in [0.2, 0.25) is 0 Å². The van der Waals surface area contributed by atoms with Gasteiger partial charge in [0.2, 0.25) is 5.91 Å². The number of ether oxygens (including phenoxy) is 1. The van der Waals surface area contributed by atoms with Crippen LogP contribution in [0, 0.1) is 5.92 Å². The van der Waals surface area contributed by atoms with Crippen LogP contribution in [-0.2, 0) is 16.1 Å². The summed E-state index contributed by atoms with van der Waals surface area (Å²) in [5, 5.41) is 4.03. The highest BCUT2D eigenvalue weighted by Gasteiger charge is 2.30. The van der Waals surface area contributed by atoms with Gasteiger partial charge in [-0.15, -0.1) is 0 Å². The number of aromatic nitrogens is 2. The Labute approximate surface area is 125 Å². The molecule has 21 heavy (non-hydrogen) atoms. The minimum atomic E-state index is 0.137. The smallest absolute Gasteiger partial charge is 0.252 e. The molecule has 118 valence electrons. The number of amides is 1. The maximum absolute atomic E-state index is 12.5. The van der Waals surface area contributed by atoms with Crippen LogP contribution in [0.3, 0.4) is 0 Å². The summed E-state index contributed by atoms with van der Waals surface area (Å²) in [4.78, 5) is 18.8. The lowest BCUT2D eigenvalue weighted by molar-refractivity contribution is -0.137. The molecule has 6 nitrogen and oxygen atoms in total. The zero-order chi connectivity index (χ0) is 15.2. The fraction of sp³-hybridized carbons (Fsp3) is 0.800. The molecule has 0 radical (unpaired) electrons. The Morgan fingerprint density at radius 2 is 2.24 bits per heavy atom. The van der Waals surface area contributed by atoms with E-state index in [9.17, 15) is 4.79 Å². The molecule has 1 aromatic heterocycles. The van der Waals surface area contributed by atoms with E-state index in [1.807, 2.05) is 4.90 Å². The molecule has 2 rings (SSSR count). The number of nitrogens with zero attached hydrogens (tertiary/aromatic N) is 3. The molecule has 0 spiro atoms. The third-order valence-corrected chi connectivity index (χ3v) is 4.18. The number of hydrogen-bond acceptors (Lipinski definition) is 5. The molecule has 0 bridgehead atoms. The lowest BCUT2D eigenvalue weighted by atomic mass is 9.94. The van der Waals surface area contributed by atoms with Gasteiger partial charge >= 0.3 is 0 Å². The highest BCUT2D eigenvalue weighted by Crippen LogP contribution is 2.26. The highest BCUT2D eigenvalue weighted by atomic mass is 16.5. The van der Waals surface area contributed by atoms with E-state index in [0.717, 1.165) is 32.2 Å². The molecule has 1 aliphatic heterocycles. The van der Waals surface area contributed by atoms with Crippen LogP contribution in [0.15, 0.2) is 4.52 Å². The molecule has 1 amide bonds. The van der Waals surface area contributed by atoms with Gasteiger partial charge in [0, 0.05) is 32.0 Å². The maximum Gasteiger partial charge on any atom is 0.252 e. The molecular formula is C15H25N3O3. The van der Waals surface area contributed by atoms with Crippen molar-refractivity contribution < 1.29 is 14.1 Å². The Morgan fingerprint density at radius 3 is 2.90 bits per heavy atom. The monoisotopic (exact) mass is 295 g/mol. The van der Waals surface area contributed by atoms with Crippen molar-refractivity contribution in [3.63, 3.8) is 0 Å². The molecule has 0 N–H and O–H groups in total. The Balaban J connectivity index is 2.01. The van der Waals surface area contributed by atoms with Crippen LogP contribution >= 0.6 is 0 Å². The maximum atomic E-state index is 12.5. The number of piperidine rings is 1. The van der Waals surface area contributed by atoms with E-state index in [0.29, 0.717) is 24.9 Å². The average Bonchev–Trinajstić information content (AvgIpc) is 2.97. The molecule has 1 aromatic rings.